The van der Waals surface area contributed by atoms with Crippen LogP contribution >= 0.6 is 23.5 Å². The second-order valence-electron chi connectivity index (χ2n) is 8.91. The standard InChI is InChI=1S/C29H22N2S2/c1-28-26(16-22(32-28)12-10-20-6-4-14-30-18-20)24-8-3-9-25(24)27-17-23(33-29(27,28)2)13-11-21-7-5-15-31-19-21/h4-7,14-19H,3,8-9H2,1-2H3. The van der Waals surface area contributed by atoms with Gasteiger partial charge in [0, 0.05) is 35.9 Å². The Labute approximate surface area is 203 Å². The van der Waals surface area contributed by atoms with E-state index in [-0.39, 0.29) is 9.49 Å². The van der Waals surface area contributed by atoms with Crippen molar-refractivity contribution in [1.82, 2.24) is 9.97 Å². The molecule has 6 rings (SSSR count). The molecule has 0 radical (unpaired) electrons. The fourth-order valence-corrected chi connectivity index (χ4v) is 8.09. The molecule has 4 heterocycles. The van der Waals surface area contributed by atoms with Crippen molar-refractivity contribution in [2.24, 2.45) is 0 Å². The Bertz CT molecular complexity index is 1300. The Morgan fingerprint density at radius 3 is 1.64 bits per heavy atom. The van der Waals surface area contributed by atoms with E-state index in [1.807, 2.05) is 60.2 Å². The van der Waals surface area contributed by atoms with Crippen molar-refractivity contribution >= 4 is 23.5 Å². The molecule has 4 heteroatoms. The van der Waals surface area contributed by atoms with Gasteiger partial charge < -0.3 is 0 Å². The van der Waals surface area contributed by atoms with Crippen LogP contribution in [-0.4, -0.2) is 19.5 Å². The smallest absolute Gasteiger partial charge is 0.0625 e. The van der Waals surface area contributed by atoms with Gasteiger partial charge in [0.05, 0.1) is 19.3 Å². The molecule has 0 spiro atoms. The van der Waals surface area contributed by atoms with Gasteiger partial charge in [0.1, 0.15) is 0 Å². The third kappa shape index (κ3) is 3.33. The largest absolute Gasteiger partial charge is 0.263 e. The highest BCUT2D eigenvalue weighted by Crippen LogP contribution is 2.68. The van der Waals surface area contributed by atoms with Crippen LogP contribution in [0.4, 0.5) is 0 Å². The zero-order valence-electron chi connectivity index (χ0n) is 18.6. The molecule has 2 aliphatic carbocycles. The normalized spacial score (nSPS) is 27.0. The number of thioether (sulfide) groups is 2. The Balaban J connectivity index is 1.39. The Kier molecular flexibility index (Phi) is 4.91. The molecular weight excluding hydrogens is 440 g/mol. The molecule has 2 nitrogen and oxygen atoms in total. The number of aromatic nitrogens is 2. The van der Waals surface area contributed by atoms with Gasteiger partial charge in [0.15, 0.2) is 0 Å². The van der Waals surface area contributed by atoms with Gasteiger partial charge in [-0.3, -0.25) is 9.97 Å². The van der Waals surface area contributed by atoms with E-state index in [1.165, 1.54) is 17.6 Å². The highest BCUT2D eigenvalue weighted by Gasteiger charge is 2.59. The van der Waals surface area contributed by atoms with Crippen molar-refractivity contribution in [1.29, 1.82) is 0 Å². The zero-order chi connectivity index (χ0) is 22.5. The molecule has 4 aliphatic rings. The maximum atomic E-state index is 4.19. The molecule has 1 saturated carbocycles. The molecule has 0 amide bonds. The Hall–Kier alpha value is -2.92. The summed E-state index contributed by atoms with van der Waals surface area (Å²) >= 11 is 3.84. The molecule has 160 valence electrons. The molecule has 0 aromatic carbocycles. The van der Waals surface area contributed by atoms with Crippen molar-refractivity contribution in [3.63, 3.8) is 0 Å². The molecule has 1 fully saturated rings. The highest BCUT2D eigenvalue weighted by molar-refractivity contribution is 8.09. The van der Waals surface area contributed by atoms with Gasteiger partial charge in [-0.2, -0.15) is 0 Å². The van der Waals surface area contributed by atoms with Gasteiger partial charge >= 0.3 is 0 Å². The lowest BCUT2D eigenvalue weighted by molar-refractivity contribution is 0.607. The van der Waals surface area contributed by atoms with Gasteiger partial charge in [-0.1, -0.05) is 23.7 Å². The van der Waals surface area contributed by atoms with Crippen LogP contribution in [0.2, 0.25) is 0 Å². The third-order valence-electron chi connectivity index (χ3n) is 6.97. The van der Waals surface area contributed by atoms with E-state index in [9.17, 15) is 0 Å². The van der Waals surface area contributed by atoms with Gasteiger partial charge in [0.25, 0.3) is 0 Å². The molecule has 2 aromatic heterocycles. The maximum Gasteiger partial charge on any atom is 0.0625 e. The van der Waals surface area contributed by atoms with Crippen LogP contribution in [0.25, 0.3) is 0 Å². The van der Waals surface area contributed by atoms with Crippen LogP contribution in [-0.2, 0) is 0 Å². The number of allylic oxidation sites excluding steroid dienone is 6. The Morgan fingerprint density at radius 2 is 1.21 bits per heavy atom. The number of hydrogen-bond donors (Lipinski definition) is 0. The Morgan fingerprint density at radius 1 is 0.727 bits per heavy atom. The molecule has 0 bridgehead atoms. The molecular formula is C29H22N2S2. The van der Waals surface area contributed by atoms with E-state index in [1.54, 1.807) is 23.5 Å². The number of pyridine rings is 2. The first kappa shape index (κ1) is 20.7. The first-order valence-electron chi connectivity index (χ1n) is 11.2. The second-order valence-corrected chi connectivity index (χ2v) is 11.8. The van der Waals surface area contributed by atoms with E-state index >= 15 is 0 Å². The van der Waals surface area contributed by atoms with Gasteiger partial charge in [0.2, 0.25) is 0 Å². The summed E-state index contributed by atoms with van der Waals surface area (Å²) in [4.78, 5) is 10.7. The van der Waals surface area contributed by atoms with E-state index in [4.69, 9.17) is 0 Å². The zero-order valence-corrected chi connectivity index (χ0v) is 20.2. The van der Waals surface area contributed by atoms with E-state index in [2.05, 4.69) is 59.6 Å². The van der Waals surface area contributed by atoms with Crippen LogP contribution in [0.3, 0.4) is 0 Å². The van der Waals surface area contributed by atoms with Crippen molar-refractivity contribution in [3.05, 3.63) is 104 Å². The molecule has 0 N–H and O–H groups in total. The van der Waals surface area contributed by atoms with Crippen LogP contribution in [0.15, 0.2) is 93.3 Å². The summed E-state index contributed by atoms with van der Waals surface area (Å²) in [5.41, 5.74) is 7.96. The van der Waals surface area contributed by atoms with Gasteiger partial charge in [-0.15, -0.1) is 23.5 Å². The minimum atomic E-state index is -0.0661. The molecule has 2 atom stereocenters. The summed E-state index contributed by atoms with van der Waals surface area (Å²) < 4.78 is -0.132. The van der Waals surface area contributed by atoms with E-state index in [0.29, 0.717) is 0 Å². The van der Waals surface area contributed by atoms with Crippen molar-refractivity contribution in [2.45, 2.75) is 42.6 Å². The van der Waals surface area contributed by atoms with Crippen molar-refractivity contribution < 1.29 is 0 Å². The lowest BCUT2D eigenvalue weighted by Crippen LogP contribution is -2.47. The molecule has 33 heavy (non-hydrogen) atoms. The minimum Gasteiger partial charge on any atom is -0.263 e. The number of nitrogens with zero attached hydrogens (tertiary/aromatic N) is 2. The first-order valence-corrected chi connectivity index (χ1v) is 12.8. The predicted molar refractivity (Wildman–Crippen MR) is 138 cm³/mol. The number of hydrogen-bond acceptors (Lipinski definition) is 4. The lowest BCUT2D eigenvalue weighted by atomic mass is 9.72. The van der Waals surface area contributed by atoms with Gasteiger partial charge in [-0.25, -0.2) is 0 Å². The SMILES string of the molecule is CC12SC(C#Cc3cccnc3)=CC1=C1CCCC1=C1C=C(C#Cc3cccnc3)SC12C. The lowest BCUT2D eigenvalue weighted by Gasteiger charge is -2.46. The van der Waals surface area contributed by atoms with Gasteiger partial charge in [-0.05, 0) is 91.8 Å². The number of fused-ring (bicyclic) bond motifs is 4. The summed E-state index contributed by atoms with van der Waals surface area (Å²) in [6.07, 6.45) is 15.5. The fraction of sp³-hybridized carbons (Fsp3) is 0.241. The van der Waals surface area contributed by atoms with Crippen LogP contribution in [0, 0.1) is 23.7 Å². The number of rotatable bonds is 0. The third-order valence-corrected chi connectivity index (χ3v) is 10.1. The maximum absolute atomic E-state index is 4.19. The van der Waals surface area contributed by atoms with Crippen molar-refractivity contribution in [3.8, 4) is 23.7 Å². The van der Waals surface area contributed by atoms with E-state index < -0.39 is 0 Å². The minimum absolute atomic E-state index is 0.0661. The van der Waals surface area contributed by atoms with Crippen LogP contribution in [0.1, 0.15) is 44.2 Å². The second kappa shape index (κ2) is 7.84. The topological polar surface area (TPSA) is 25.8 Å². The predicted octanol–water partition coefficient (Wildman–Crippen LogP) is 6.45. The quantitative estimate of drug-likeness (QED) is 0.420. The molecule has 0 saturated heterocycles. The highest BCUT2D eigenvalue weighted by atomic mass is 32.2. The summed E-state index contributed by atoms with van der Waals surface area (Å²) in [5, 5.41) is 0. The summed E-state index contributed by atoms with van der Waals surface area (Å²) in [7, 11) is 0. The van der Waals surface area contributed by atoms with Crippen molar-refractivity contribution in [2.75, 3.05) is 0 Å². The summed E-state index contributed by atoms with van der Waals surface area (Å²) in [6, 6.07) is 7.89. The first-order chi connectivity index (χ1) is 16.1. The monoisotopic (exact) mass is 462 g/mol. The van der Waals surface area contributed by atoms with E-state index in [0.717, 1.165) is 33.8 Å². The average molecular weight is 463 g/mol. The average Bonchev–Trinajstić information content (AvgIpc) is 3.54. The summed E-state index contributed by atoms with van der Waals surface area (Å²) in [6.45, 7) is 4.81. The van der Waals surface area contributed by atoms with Crippen LogP contribution in [0.5, 0.6) is 0 Å². The fourth-order valence-electron chi connectivity index (χ4n) is 5.21. The summed E-state index contributed by atoms with van der Waals surface area (Å²) in [5.74, 6) is 13.5. The van der Waals surface area contributed by atoms with Crippen LogP contribution < -0.4 is 0 Å². The molecule has 2 aliphatic heterocycles. The molecule has 2 unspecified atom stereocenters. The molecule has 2 aromatic rings.